The van der Waals surface area contributed by atoms with Crippen LogP contribution >= 0.6 is 0 Å². The molecule has 1 aliphatic rings. The maximum atomic E-state index is 5.59. The first-order valence-corrected chi connectivity index (χ1v) is 7.09. The number of ether oxygens (including phenoxy) is 1. The van der Waals surface area contributed by atoms with Crippen molar-refractivity contribution in [2.75, 3.05) is 31.6 Å². The van der Waals surface area contributed by atoms with Crippen molar-refractivity contribution < 1.29 is 4.74 Å². The minimum Gasteiger partial charge on any atom is -0.379 e. The number of hydrogen-bond acceptors (Lipinski definition) is 4. The van der Waals surface area contributed by atoms with Crippen molar-refractivity contribution in [1.82, 2.24) is 4.98 Å². The molecule has 0 aliphatic carbocycles. The van der Waals surface area contributed by atoms with Crippen molar-refractivity contribution in [2.24, 2.45) is 11.7 Å². The van der Waals surface area contributed by atoms with E-state index in [4.69, 9.17) is 10.5 Å². The zero-order valence-electron chi connectivity index (χ0n) is 12.2. The number of methoxy groups -OCH3 is 1. The van der Waals surface area contributed by atoms with Crippen LogP contribution in [0.4, 0.5) is 5.82 Å². The summed E-state index contributed by atoms with van der Waals surface area (Å²) in [5.41, 5.74) is 8.04. The number of aromatic nitrogens is 1. The summed E-state index contributed by atoms with van der Waals surface area (Å²) in [6.07, 6.45) is 4.31. The average Bonchev–Trinajstić information content (AvgIpc) is 2.40. The number of hydrogen-bond donors (Lipinski definition) is 1. The van der Waals surface area contributed by atoms with Crippen LogP contribution in [0, 0.1) is 12.8 Å². The Bertz CT molecular complexity index is 422. The number of piperidine rings is 1. The molecule has 2 atom stereocenters. The molecule has 0 bridgehead atoms. The number of pyridine rings is 1. The van der Waals surface area contributed by atoms with E-state index in [1.807, 2.05) is 6.20 Å². The maximum Gasteiger partial charge on any atom is 0.131 e. The van der Waals surface area contributed by atoms with E-state index in [0.29, 0.717) is 18.6 Å². The lowest BCUT2D eigenvalue weighted by Gasteiger charge is -2.37. The molecule has 2 unspecified atom stereocenters. The Labute approximate surface area is 116 Å². The Balaban J connectivity index is 2.13. The third-order valence-electron chi connectivity index (χ3n) is 4.03. The van der Waals surface area contributed by atoms with Crippen molar-refractivity contribution in [1.29, 1.82) is 0 Å². The molecule has 2 heterocycles. The van der Waals surface area contributed by atoms with E-state index in [1.54, 1.807) is 7.11 Å². The molecule has 1 aliphatic heterocycles. The summed E-state index contributed by atoms with van der Waals surface area (Å²) in [4.78, 5) is 6.97. The molecule has 0 amide bonds. The largest absolute Gasteiger partial charge is 0.379 e. The van der Waals surface area contributed by atoms with E-state index in [1.165, 1.54) is 11.1 Å². The molecule has 0 spiro atoms. The van der Waals surface area contributed by atoms with Crippen LogP contribution < -0.4 is 10.6 Å². The fourth-order valence-electron chi connectivity index (χ4n) is 2.79. The first-order valence-electron chi connectivity index (χ1n) is 7.09. The van der Waals surface area contributed by atoms with E-state index < -0.39 is 0 Å². The van der Waals surface area contributed by atoms with Crippen LogP contribution in [0.15, 0.2) is 12.3 Å². The molecule has 106 valence electrons. The normalized spacial score (nSPS) is 23.7. The minimum atomic E-state index is 0.304. The van der Waals surface area contributed by atoms with Gasteiger partial charge in [-0.25, -0.2) is 4.98 Å². The Morgan fingerprint density at radius 2 is 2.32 bits per heavy atom. The van der Waals surface area contributed by atoms with Gasteiger partial charge in [-0.3, -0.25) is 0 Å². The molecular weight excluding hydrogens is 238 g/mol. The smallest absolute Gasteiger partial charge is 0.131 e. The van der Waals surface area contributed by atoms with E-state index in [2.05, 4.69) is 29.8 Å². The van der Waals surface area contributed by atoms with Gasteiger partial charge in [-0.1, -0.05) is 13.0 Å². The molecule has 1 saturated heterocycles. The summed E-state index contributed by atoms with van der Waals surface area (Å²) in [6, 6.07) is 2.20. The molecule has 0 saturated carbocycles. The van der Waals surface area contributed by atoms with Crippen molar-refractivity contribution in [3.8, 4) is 0 Å². The standard InChI is InChI=1S/C15H25N3O/c1-11-5-7-18(10-14(11)19-3)15-12(2)8-13(4-6-16)9-17-15/h8-9,11,14H,4-7,10,16H2,1-3H3. The van der Waals surface area contributed by atoms with E-state index >= 15 is 0 Å². The summed E-state index contributed by atoms with van der Waals surface area (Å²) in [5.74, 6) is 1.72. The Morgan fingerprint density at radius 1 is 1.53 bits per heavy atom. The third kappa shape index (κ3) is 3.25. The summed E-state index contributed by atoms with van der Waals surface area (Å²) in [7, 11) is 1.80. The van der Waals surface area contributed by atoms with E-state index in [0.717, 1.165) is 31.7 Å². The Morgan fingerprint density at radius 3 is 2.95 bits per heavy atom. The third-order valence-corrected chi connectivity index (χ3v) is 4.03. The fourth-order valence-corrected chi connectivity index (χ4v) is 2.79. The van der Waals surface area contributed by atoms with Crippen LogP contribution in [0.2, 0.25) is 0 Å². The van der Waals surface area contributed by atoms with Crippen LogP contribution in [-0.2, 0) is 11.2 Å². The fraction of sp³-hybridized carbons (Fsp3) is 0.667. The quantitative estimate of drug-likeness (QED) is 0.899. The molecule has 2 N–H and O–H groups in total. The summed E-state index contributed by atoms with van der Waals surface area (Å²) in [5, 5.41) is 0. The predicted molar refractivity (Wildman–Crippen MR) is 78.5 cm³/mol. The number of nitrogens with zero attached hydrogens (tertiary/aromatic N) is 2. The van der Waals surface area contributed by atoms with Crippen molar-refractivity contribution >= 4 is 5.82 Å². The van der Waals surface area contributed by atoms with Crippen molar-refractivity contribution in [3.05, 3.63) is 23.4 Å². The highest BCUT2D eigenvalue weighted by molar-refractivity contribution is 5.48. The van der Waals surface area contributed by atoms with Crippen LogP contribution in [0.1, 0.15) is 24.5 Å². The van der Waals surface area contributed by atoms with Gasteiger partial charge in [0.05, 0.1) is 6.10 Å². The van der Waals surface area contributed by atoms with Gasteiger partial charge in [0.15, 0.2) is 0 Å². The first-order chi connectivity index (χ1) is 9.15. The molecule has 4 nitrogen and oxygen atoms in total. The second-order valence-corrected chi connectivity index (χ2v) is 5.51. The van der Waals surface area contributed by atoms with E-state index in [9.17, 15) is 0 Å². The van der Waals surface area contributed by atoms with Gasteiger partial charge >= 0.3 is 0 Å². The summed E-state index contributed by atoms with van der Waals surface area (Å²) in [6.45, 7) is 7.05. The summed E-state index contributed by atoms with van der Waals surface area (Å²) >= 11 is 0. The van der Waals surface area contributed by atoms with Gasteiger partial charge in [-0.2, -0.15) is 0 Å². The zero-order chi connectivity index (χ0) is 13.8. The number of anilines is 1. The highest BCUT2D eigenvalue weighted by atomic mass is 16.5. The highest BCUT2D eigenvalue weighted by Gasteiger charge is 2.27. The number of aryl methyl sites for hydroxylation is 1. The molecule has 0 radical (unpaired) electrons. The Kier molecular flexibility index (Phi) is 4.77. The van der Waals surface area contributed by atoms with Crippen LogP contribution in [0.3, 0.4) is 0 Å². The van der Waals surface area contributed by atoms with Gasteiger partial charge in [0.1, 0.15) is 5.82 Å². The molecule has 1 fully saturated rings. The van der Waals surface area contributed by atoms with Gasteiger partial charge < -0.3 is 15.4 Å². The van der Waals surface area contributed by atoms with Crippen LogP contribution in [0.5, 0.6) is 0 Å². The molecule has 19 heavy (non-hydrogen) atoms. The molecule has 1 aromatic heterocycles. The van der Waals surface area contributed by atoms with Crippen molar-refractivity contribution in [2.45, 2.75) is 32.8 Å². The molecule has 4 heteroatoms. The monoisotopic (exact) mass is 263 g/mol. The maximum absolute atomic E-state index is 5.59. The van der Waals surface area contributed by atoms with E-state index in [-0.39, 0.29) is 0 Å². The van der Waals surface area contributed by atoms with Crippen LogP contribution in [-0.4, -0.2) is 37.8 Å². The summed E-state index contributed by atoms with van der Waals surface area (Å²) < 4.78 is 5.57. The topological polar surface area (TPSA) is 51.4 Å². The zero-order valence-corrected chi connectivity index (χ0v) is 12.2. The lowest BCUT2D eigenvalue weighted by atomic mass is 9.95. The average molecular weight is 263 g/mol. The van der Waals surface area contributed by atoms with Gasteiger partial charge in [0.2, 0.25) is 0 Å². The second-order valence-electron chi connectivity index (χ2n) is 5.51. The van der Waals surface area contributed by atoms with Gasteiger partial charge in [-0.05, 0) is 43.4 Å². The van der Waals surface area contributed by atoms with Crippen molar-refractivity contribution in [3.63, 3.8) is 0 Å². The SMILES string of the molecule is COC1CN(c2ncc(CCN)cc2C)CCC1C. The predicted octanol–water partition coefficient (Wildman–Crippen LogP) is 1.75. The molecular formula is C15H25N3O. The molecule has 1 aromatic rings. The molecule has 2 rings (SSSR count). The van der Waals surface area contributed by atoms with Gasteiger partial charge in [0, 0.05) is 26.4 Å². The minimum absolute atomic E-state index is 0.304. The number of rotatable bonds is 4. The second kappa shape index (κ2) is 6.35. The lowest BCUT2D eigenvalue weighted by molar-refractivity contribution is 0.0496. The Hall–Kier alpha value is -1.13. The number of nitrogens with two attached hydrogens (primary N) is 1. The van der Waals surface area contributed by atoms with Gasteiger partial charge in [-0.15, -0.1) is 0 Å². The molecule has 0 aromatic carbocycles. The first kappa shape index (κ1) is 14.3. The highest BCUT2D eigenvalue weighted by Crippen LogP contribution is 2.26. The van der Waals surface area contributed by atoms with Crippen LogP contribution in [0.25, 0.3) is 0 Å². The van der Waals surface area contributed by atoms with Gasteiger partial charge in [0.25, 0.3) is 0 Å². The lowest BCUT2D eigenvalue weighted by Crippen LogP contribution is -2.44.